The molecule has 0 saturated carbocycles. The first kappa shape index (κ1) is 22.1. The van der Waals surface area contributed by atoms with E-state index in [9.17, 15) is 19.2 Å². The third-order valence-corrected chi connectivity index (χ3v) is 7.16. The lowest BCUT2D eigenvalue weighted by Gasteiger charge is -2.26. The topological polar surface area (TPSA) is 90.0 Å². The first-order chi connectivity index (χ1) is 17.5. The normalized spacial score (nSPS) is 24.1. The SMILES string of the molecule is COc1ccc(N2C(=O)C3C(/C=C/c4ccccc4)OC4(C(=O)c5ccccc5C4=O)C3C2=O)cc1. The summed E-state index contributed by atoms with van der Waals surface area (Å²) in [4.78, 5) is 56.0. The summed E-state index contributed by atoms with van der Waals surface area (Å²) in [5.74, 6) is -4.02. The van der Waals surface area contributed by atoms with E-state index in [0.717, 1.165) is 10.5 Å². The number of carbonyl (C=O) groups is 4. The minimum Gasteiger partial charge on any atom is -0.497 e. The van der Waals surface area contributed by atoms with Crippen LogP contribution in [-0.2, 0) is 14.3 Å². The van der Waals surface area contributed by atoms with Crippen LogP contribution in [0.1, 0.15) is 26.3 Å². The highest BCUT2D eigenvalue weighted by atomic mass is 16.5. The quantitative estimate of drug-likeness (QED) is 0.419. The summed E-state index contributed by atoms with van der Waals surface area (Å²) in [5.41, 5.74) is -0.464. The standard InChI is InChI=1S/C29H21NO6/c1-35-19-14-12-18(13-15-19)30-27(33)23-22(16-11-17-7-3-2-4-8-17)36-29(24(23)28(30)34)25(31)20-9-5-6-10-21(20)26(29)32/h2-16,22-24H,1H3/b16-11+. The zero-order valence-electron chi connectivity index (χ0n) is 19.3. The lowest BCUT2D eigenvalue weighted by atomic mass is 9.78. The van der Waals surface area contributed by atoms with Gasteiger partial charge in [0.05, 0.1) is 30.7 Å². The Hall–Kier alpha value is -4.36. The Kier molecular flexibility index (Phi) is 4.98. The molecule has 0 N–H and O–H groups in total. The maximum atomic E-state index is 13.8. The number of anilines is 1. The number of rotatable bonds is 4. The van der Waals surface area contributed by atoms with Gasteiger partial charge < -0.3 is 9.47 Å². The Bertz CT molecular complexity index is 1410. The molecule has 2 heterocycles. The average Bonchev–Trinajstić information content (AvgIpc) is 3.47. The number of amides is 2. The highest BCUT2D eigenvalue weighted by Crippen LogP contribution is 2.53. The number of ether oxygens (including phenoxy) is 2. The number of hydrogen-bond donors (Lipinski definition) is 0. The smallest absolute Gasteiger partial charge is 0.241 e. The molecule has 7 nitrogen and oxygen atoms in total. The van der Waals surface area contributed by atoms with Crippen LogP contribution in [0.25, 0.3) is 6.08 Å². The molecule has 178 valence electrons. The fraction of sp³-hybridized carbons (Fsp3) is 0.172. The number of carbonyl (C=O) groups excluding carboxylic acids is 4. The molecule has 0 aromatic heterocycles. The number of ketones is 2. The Morgan fingerprint density at radius 1 is 0.806 bits per heavy atom. The van der Waals surface area contributed by atoms with E-state index in [1.165, 1.54) is 7.11 Å². The zero-order chi connectivity index (χ0) is 25.0. The van der Waals surface area contributed by atoms with Crippen LogP contribution in [0.3, 0.4) is 0 Å². The molecule has 3 unspecified atom stereocenters. The van der Waals surface area contributed by atoms with Crippen molar-refractivity contribution in [2.45, 2.75) is 11.7 Å². The van der Waals surface area contributed by atoms with Gasteiger partial charge in [-0.1, -0.05) is 66.7 Å². The van der Waals surface area contributed by atoms with Gasteiger partial charge in [-0.15, -0.1) is 0 Å². The molecule has 3 aromatic rings. The maximum Gasteiger partial charge on any atom is 0.241 e. The van der Waals surface area contributed by atoms with Crippen LogP contribution < -0.4 is 9.64 Å². The Labute approximate surface area is 206 Å². The lowest BCUT2D eigenvalue weighted by molar-refractivity contribution is -0.126. The molecule has 1 aliphatic carbocycles. The van der Waals surface area contributed by atoms with Crippen molar-refractivity contribution in [2.75, 3.05) is 12.0 Å². The fourth-order valence-electron chi connectivity index (χ4n) is 5.50. The summed E-state index contributed by atoms with van der Waals surface area (Å²) in [6.07, 6.45) is 2.48. The van der Waals surface area contributed by atoms with Crippen LogP contribution in [0.15, 0.2) is 84.9 Å². The minimum absolute atomic E-state index is 0.206. The van der Waals surface area contributed by atoms with Crippen LogP contribution in [0.2, 0.25) is 0 Å². The van der Waals surface area contributed by atoms with Gasteiger partial charge in [-0.3, -0.25) is 19.2 Å². The fourth-order valence-corrected chi connectivity index (χ4v) is 5.50. The van der Waals surface area contributed by atoms with Crippen molar-refractivity contribution in [3.05, 3.63) is 102 Å². The molecule has 2 aliphatic heterocycles. The van der Waals surface area contributed by atoms with Gasteiger partial charge in [0.1, 0.15) is 5.75 Å². The van der Waals surface area contributed by atoms with Crippen LogP contribution in [0, 0.1) is 11.8 Å². The Morgan fingerprint density at radius 2 is 1.42 bits per heavy atom. The Morgan fingerprint density at radius 3 is 2.03 bits per heavy atom. The number of methoxy groups -OCH3 is 1. The summed E-state index contributed by atoms with van der Waals surface area (Å²) in [6.45, 7) is 0. The molecule has 0 radical (unpaired) electrons. The van der Waals surface area contributed by atoms with E-state index in [0.29, 0.717) is 11.4 Å². The summed E-state index contributed by atoms with van der Waals surface area (Å²) >= 11 is 0. The van der Waals surface area contributed by atoms with E-state index in [1.54, 1.807) is 60.7 Å². The molecule has 2 amide bonds. The van der Waals surface area contributed by atoms with Gasteiger partial charge in [-0.2, -0.15) is 0 Å². The number of nitrogens with zero attached hydrogens (tertiary/aromatic N) is 1. The second-order valence-electron chi connectivity index (χ2n) is 9.01. The Balaban J connectivity index is 1.47. The third kappa shape index (κ3) is 2.96. The highest BCUT2D eigenvalue weighted by Gasteiger charge is 2.74. The minimum atomic E-state index is -2.08. The summed E-state index contributed by atoms with van der Waals surface area (Å²) in [5, 5.41) is 0. The number of benzene rings is 3. The zero-order valence-corrected chi connectivity index (χ0v) is 19.3. The molecule has 36 heavy (non-hydrogen) atoms. The molecule has 2 fully saturated rings. The molecule has 3 aromatic carbocycles. The van der Waals surface area contributed by atoms with Crippen molar-refractivity contribution in [1.29, 1.82) is 0 Å². The van der Waals surface area contributed by atoms with Crippen molar-refractivity contribution in [1.82, 2.24) is 0 Å². The number of imide groups is 1. The molecule has 0 bridgehead atoms. The van der Waals surface area contributed by atoms with E-state index in [-0.39, 0.29) is 11.1 Å². The number of fused-ring (bicyclic) bond motifs is 3. The largest absolute Gasteiger partial charge is 0.497 e. The second kappa shape index (κ2) is 8.10. The summed E-state index contributed by atoms with van der Waals surface area (Å²) in [7, 11) is 1.52. The van der Waals surface area contributed by atoms with Gasteiger partial charge >= 0.3 is 0 Å². The molecule has 7 heteroatoms. The second-order valence-corrected chi connectivity index (χ2v) is 9.01. The first-order valence-corrected chi connectivity index (χ1v) is 11.6. The molecular weight excluding hydrogens is 458 g/mol. The molecule has 3 atom stereocenters. The summed E-state index contributed by atoms with van der Waals surface area (Å²) < 4.78 is 11.4. The molecule has 3 aliphatic rings. The van der Waals surface area contributed by atoms with Crippen LogP contribution in [0.5, 0.6) is 5.75 Å². The van der Waals surface area contributed by atoms with Gasteiger partial charge in [-0.05, 0) is 29.8 Å². The third-order valence-electron chi connectivity index (χ3n) is 7.16. The van der Waals surface area contributed by atoms with Gasteiger partial charge in [-0.25, -0.2) is 4.90 Å². The first-order valence-electron chi connectivity index (χ1n) is 11.6. The molecule has 6 rings (SSSR count). The van der Waals surface area contributed by atoms with E-state index in [2.05, 4.69) is 0 Å². The van der Waals surface area contributed by atoms with Crippen LogP contribution >= 0.6 is 0 Å². The molecular formula is C29H21NO6. The van der Waals surface area contributed by atoms with Crippen molar-refractivity contribution in [3.63, 3.8) is 0 Å². The average molecular weight is 479 g/mol. The maximum absolute atomic E-state index is 13.8. The van der Waals surface area contributed by atoms with Crippen molar-refractivity contribution >= 4 is 35.1 Å². The van der Waals surface area contributed by atoms with Crippen molar-refractivity contribution in [3.8, 4) is 5.75 Å². The van der Waals surface area contributed by atoms with Gasteiger partial charge in [0.25, 0.3) is 0 Å². The lowest BCUT2D eigenvalue weighted by Crippen LogP contribution is -2.51. The van der Waals surface area contributed by atoms with E-state index in [4.69, 9.17) is 9.47 Å². The number of Topliss-reactive ketones (excluding diaryl/α,β-unsaturated/α-hetero) is 2. The van der Waals surface area contributed by atoms with Crippen molar-refractivity contribution in [2.24, 2.45) is 11.8 Å². The number of hydrogen-bond acceptors (Lipinski definition) is 6. The molecule has 2 saturated heterocycles. The van der Waals surface area contributed by atoms with Gasteiger partial charge in [0.2, 0.25) is 29.0 Å². The van der Waals surface area contributed by atoms with Crippen LogP contribution in [-0.4, -0.2) is 42.2 Å². The summed E-state index contributed by atoms with van der Waals surface area (Å²) in [6, 6.07) is 22.3. The highest BCUT2D eigenvalue weighted by molar-refractivity contribution is 6.37. The van der Waals surface area contributed by atoms with E-state index in [1.807, 2.05) is 30.3 Å². The van der Waals surface area contributed by atoms with Gasteiger partial charge in [0.15, 0.2) is 0 Å². The monoisotopic (exact) mass is 479 g/mol. The predicted molar refractivity (Wildman–Crippen MR) is 131 cm³/mol. The molecule has 1 spiro atoms. The van der Waals surface area contributed by atoms with E-state index >= 15 is 0 Å². The predicted octanol–water partition coefficient (Wildman–Crippen LogP) is 3.73. The van der Waals surface area contributed by atoms with E-state index < -0.39 is 46.9 Å². The van der Waals surface area contributed by atoms with Gasteiger partial charge in [0, 0.05) is 11.1 Å². The van der Waals surface area contributed by atoms with Crippen molar-refractivity contribution < 1.29 is 28.7 Å². The van der Waals surface area contributed by atoms with Crippen LogP contribution in [0.4, 0.5) is 5.69 Å².